The van der Waals surface area contributed by atoms with Gasteiger partial charge >= 0.3 is 6.61 Å². The summed E-state index contributed by atoms with van der Waals surface area (Å²) in [5, 5.41) is 0.528. The Morgan fingerprint density at radius 1 is 0.868 bits per heavy atom. The highest BCUT2D eigenvalue weighted by molar-refractivity contribution is 7.89. The second-order valence-electron chi connectivity index (χ2n) is 8.61. The van der Waals surface area contributed by atoms with Crippen molar-refractivity contribution >= 4 is 21.6 Å². The van der Waals surface area contributed by atoms with Crippen LogP contribution in [0.1, 0.15) is 17.2 Å². The van der Waals surface area contributed by atoms with Gasteiger partial charge in [-0.2, -0.15) is 13.1 Å². The van der Waals surface area contributed by atoms with Gasteiger partial charge in [0.25, 0.3) is 0 Å². The van der Waals surface area contributed by atoms with E-state index in [1.54, 1.807) is 24.3 Å². The number of sulfonamides is 1. The lowest BCUT2D eigenvalue weighted by molar-refractivity contribution is -0.0498. The molecule has 0 amide bonds. The smallest absolute Gasteiger partial charge is 0.387 e. The van der Waals surface area contributed by atoms with Crippen molar-refractivity contribution in [1.29, 1.82) is 0 Å². The van der Waals surface area contributed by atoms with Crippen molar-refractivity contribution in [1.82, 2.24) is 9.21 Å². The number of hydrogen-bond acceptors (Lipinski definition) is 5. The normalized spacial score (nSPS) is 16.1. The predicted molar refractivity (Wildman–Crippen MR) is 134 cm³/mol. The van der Waals surface area contributed by atoms with E-state index in [0.717, 1.165) is 17.7 Å². The molecule has 0 spiro atoms. The summed E-state index contributed by atoms with van der Waals surface area (Å²) in [7, 11) is -3.84. The van der Waals surface area contributed by atoms with Crippen LogP contribution in [0.5, 0.6) is 5.75 Å². The van der Waals surface area contributed by atoms with Crippen molar-refractivity contribution in [3.63, 3.8) is 0 Å². The summed E-state index contributed by atoms with van der Waals surface area (Å²) in [5.74, 6) is -1.53. The third-order valence-electron chi connectivity index (χ3n) is 6.17. The van der Waals surface area contributed by atoms with Crippen molar-refractivity contribution in [3.8, 4) is 5.75 Å². The van der Waals surface area contributed by atoms with Crippen molar-refractivity contribution in [2.75, 3.05) is 32.7 Å². The van der Waals surface area contributed by atoms with Crippen molar-refractivity contribution in [2.24, 2.45) is 0 Å². The predicted octanol–water partition coefficient (Wildman–Crippen LogP) is 5.48. The van der Waals surface area contributed by atoms with Crippen molar-refractivity contribution < 1.29 is 35.5 Å². The zero-order valence-corrected chi connectivity index (χ0v) is 21.6. The van der Waals surface area contributed by atoms with Crippen LogP contribution in [-0.2, 0) is 21.4 Å². The van der Waals surface area contributed by atoms with Crippen LogP contribution in [0.4, 0.5) is 17.6 Å². The van der Waals surface area contributed by atoms with Gasteiger partial charge in [-0.25, -0.2) is 17.2 Å². The van der Waals surface area contributed by atoms with Gasteiger partial charge < -0.3 is 9.47 Å². The highest BCUT2D eigenvalue weighted by Gasteiger charge is 2.30. The lowest BCUT2D eigenvalue weighted by atomic mass is 10.1. The van der Waals surface area contributed by atoms with E-state index < -0.39 is 34.4 Å². The van der Waals surface area contributed by atoms with Gasteiger partial charge in [-0.05, 0) is 54.1 Å². The Kier molecular flexibility index (Phi) is 9.27. The molecule has 1 fully saturated rings. The van der Waals surface area contributed by atoms with Crippen LogP contribution in [0.3, 0.4) is 0 Å². The maximum atomic E-state index is 14.1. The van der Waals surface area contributed by atoms with Gasteiger partial charge in [0.15, 0.2) is 0 Å². The molecule has 0 N–H and O–H groups in total. The van der Waals surface area contributed by atoms with E-state index in [9.17, 15) is 26.0 Å². The molecular weight excluding hydrogens is 548 g/mol. The summed E-state index contributed by atoms with van der Waals surface area (Å²) in [6.07, 6.45) is -0.559. The molecule has 38 heavy (non-hydrogen) atoms. The number of nitrogens with zero attached hydrogens (tertiary/aromatic N) is 2. The molecule has 3 aromatic carbocycles. The van der Waals surface area contributed by atoms with Crippen LogP contribution in [0.15, 0.2) is 71.6 Å². The molecule has 0 bridgehead atoms. The highest BCUT2D eigenvalue weighted by atomic mass is 35.5. The Hall–Kier alpha value is -2.70. The van der Waals surface area contributed by atoms with Gasteiger partial charge in [0.1, 0.15) is 17.4 Å². The van der Waals surface area contributed by atoms with E-state index in [1.165, 1.54) is 34.6 Å². The maximum Gasteiger partial charge on any atom is 0.387 e. The van der Waals surface area contributed by atoms with Crippen LogP contribution < -0.4 is 4.74 Å². The van der Waals surface area contributed by atoms with Crippen LogP contribution in [-0.4, -0.2) is 57.0 Å². The van der Waals surface area contributed by atoms with Gasteiger partial charge in [-0.3, -0.25) is 4.90 Å². The molecule has 0 aliphatic carbocycles. The Bertz CT molecular complexity index is 1300. The van der Waals surface area contributed by atoms with E-state index >= 15 is 0 Å². The molecule has 1 aliphatic rings. The largest absolute Gasteiger partial charge is 0.435 e. The van der Waals surface area contributed by atoms with E-state index in [1.807, 2.05) is 4.90 Å². The molecule has 12 heteroatoms. The van der Waals surface area contributed by atoms with E-state index in [2.05, 4.69) is 4.74 Å². The quantitative estimate of drug-likeness (QED) is 0.301. The SMILES string of the molecule is O=S(=O)(c1ccc(OC(F)F)cc1)N1CCN(C[C@@H](OCc2c(F)cccc2F)c2ccc(Cl)cc2)CC1. The summed E-state index contributed by atoms with van der Waals surface area (Å²) in [6, 6.07) is 15.4. The first-order valence-corrected chi connectivity index (χ1v) is 13.5. The number of alkyl halides is 2. The summed E-state index contributed by atoms with van der Waals surface area (Å²) < 4.78 is 90.6. The summed E-state index contributed by atoms with van der Waals surface area (Å²) in [6.45, 7) is -1.80. The summed E-state index contributed by atoms with van der Waals surface area (Å²) >= 11 is 6.01. The summed E-state index contributed by atoms with van der Waals surface area (Å²) in [5.41, 5.74) is 0.583. The fourth-order valence-corrected chi connectivity index (χ4v) is 5.66. The van der Waals surface area contributed by atoms with Gasteiger partial charge in [0.2, 0.25) is 10.0 Å². The van der Waals surface area contributed by atoms with Crippen molar-refractivity contribution in [2.45, 2.75) is 24.2 Å². The fraction of sp³-hybridized carbons (Fsp3) is 0.308. The summed E-state index contributed by atoms with van der Waals surface area (Å²) in [4.78, 5) is 1.98. The molecule has 1 atom stereocenters. The van der Waals surface area contributed by atoms with E-state index in [4.69, 9.17) is 16.3 Å². The second-order valence-corrected chi connectivity index (χ2v) is 11.0. The average Bonchev–Trinajstić information content (AvgIpc) is 2.88. The maximum absolute atomic E-state index is 14.1. The van der Waals surface area contributed by atoms with Crippen LogP contribution in [0.25, 0.3) is 0 Å². The Morgan fingerprint density at radius 3 is 2.05 bits per heavy atom. The molecule has 6 nitrogen and oxygen atoms in total. The third kappa shape index (κ3) is 7.03. The van der Waals surface area contributed by atoms with Gasteiger partial charge in [-0.1, -0.05) is 29.8 Å². The first-order valence-electron chi connectivity index (χ1n) is 11.7. The van der Waals surface area contributed by atoms with E-state index in [-0.39, 0.29) is 35.9 Å². The first kappa shape index (κ1) is 28.3. The number of ether oxygens (including phenoxy) is 2. The molecule has 0 aromatic heterocycles. The molecule has 204 valence electrons. The zero-order chi connectivity index (χ0) is 27.3. The number of rotatable bonds is 10. The molecule has 4 rings (SSSR count). The van der Waals surface area contributed by atoms with Crippen LogP contribution >= 0.6 is 11.6 Å². The average molecular weight is 573 g/mol. The molecule has 0 saturated carbocycles. The zero-order valence-electron chi connectivity index (χ0n) is 20.1. The Balaban J connectivity index is 1.41. The second kappa shape index (κ2) is 12.4. The van der Waals surface area contributed by atoms with Crippen LogP contribution in [0, 0.1) is 11.6 Å². The third-order valence-corrected chi connectivity index (χ3v) is 8.34. The minimum atomic E-state index is -3.84. The Labute approximate surface area is 223 Å². The first-order chi connectivity index (χ1) is 18.1. The molecule has 3 aromatic rings. The molecule has 1 saturated heterocycles. The lowest BCUT2D eigenvalue weighted by Gasteiger charge is -2.36. The standard InChI is InChI=1S/C26H25ClF4N2O4S/c27-19-6-4-18(5-7-19)25(36-17-22-23(28)2-1-3-24(22)29)16-32-12-14-33(15-13-32)38(34,35)21-10-8-20(9-11-21)37-26(30)31/h1-11,25-26H,12-17H2/t25-/m1/s1. The number of piperazine rings is 1. The van der Waals surface area contributed by atoms with Gasteiger partial charge in [0, 0.05) is 43.3 Å². The molecule has 1 heterocycles. The lowest BCUT2D eigenvalue weighted by Crippen LogP contribution is -2.49. The molecule has 0 unspecified atom stereocenters. The number of halogens is 5. The minimum absolute atomic E-state index is 0.0261. The van der Waals surface area contributed by atoms with E-state index in [0.29, 0.717) is 24.7 Å². The number of benzene rings is 3. The highest BCUT2D eigenvalue weighted by Crippen LogP contribution is 2.26. The molecular formula is C26H25ClF4N2O4S. The van der Waals surface area contributed by atoms with Gasteiger partial charge in [0.05, 0.1) is 17.6 Å². The monoisotopic (exact) mass is 572 g/mol. The Morgan fingerprint density at radius 2 is 1.47 bits per heavy atom. The number of hydrogen-bond donors (Lipinski definition) is 0. The van der Waals surface area contributed by atoms with Crippen LogP contribution in [0.2, 0.25) is 5.02 Å². The fourth-order valence-electron chi connectivity index (χ4n) is 4.12. The topological polar surface area (TPSA) is 59.1 Å². The van der Waals surface area contributed by atoms with Crippen molar-refractivity contribution in [3.05, 3.63) is 94.5 Å². The molecule has 1 aliphatic heterocycles. The minimum Gasteiger partial charge on any atom is -0.435 e. The van der Waals surface area contributed by atoms with Gasteiger partial charge in [-0.15, -0.1) is 0 Å². The molecule has 0 radical (unpaired) electrons.